The van der Waals surface area contributed by atoms with Crippen LogP contribution < -0.4 is 0 Å². The fourth-order valence-electron chi connectivity index (χ4n) is 3.25. The van der Waals surface area contributed by atoms with Gasteiger partial charge in [-0.1, -0.05) is 0 Å². The van der Waals surface area contributed by atoms with E-state index >= 15 is 0 Å². The quantitative estimate of drug-likeness (QED) is 0.845. The molecule has 5 heteroatoms. The third-order valence-corrected chi connectivity index (χ3v) is 4.46. The first-order valence-electron chi connectivity index (χ1n) is 7.56. The smallest absolute Gasteiger partial charge is 0.410 e. The number of aliphatic hydroxyl groups is 1. The summed E-state index contributed by atoms with van der Waals surface area (Å²) >= 11 is 0. The summed E-state index contributed by atoms with van der Waals surface area (Å²) in [6, 6.07) is 0. The van der Waals surface area contributed by atoms with Gasteiger partial charge in [0.1, 0.15) is 5.60 Å². The van der Waals surface area contributed by atoms with Crippen molar-refractivity contribution in [1.82, 2.24) is 4.90 Å². The lowest BCUT2D eigenvalue weighted by atomic mass is 9.58. The summed E-state index contributed by atoms with van der Waals surface area (Å²) in [5.74, 6) is 0. The Hall–Kier alpha value is -0.810. The second kappa shape index (κ2) is 5.53. The van der Waals surface area contributed by atoms with Crippen LogP contribution in [0, 0.1) is 5.41 Å². The Kier molecular flexibility index (Phi) is 4.30. The number of likely N-dealkylation sites (tertiary alicyclic amines) is 1. The van der Waals surface area contributed by atoms with Gasteiger partial charge in [0.2, 0.25) is 0 Å². The average Bonchev–Trinajstić information content (AvgIpc) is 2.37. The van der Waals surface area contributed by atoms with Gasteiger partial charge in [-0.25, -0.2) is 4.79 Å². The largest absolute Gasteiger partial charge is 0.444 e. The molecule has 0 aromatic heterocycles. The molecule has 2 rings (SSSR count). The van der Waals surface area contributed by atoms with Crippen molar-refractivity contribution in [2.75, 3.05) is 19.7 Å². The zero-order valence-corrected chi connectivity index (χ0v) is 13.0. The van der Waals surface area contributed by atoms with Crippen LogP contribution in [-0.4, -0.2) is 53.6 Å². The molecular weight excluding hydrogens is 258 g/mol. The fourth-order valence-corrected chi connectivity index (χ4v) is 3.25. The Morgan fingerprint density at radius 3 is 2.40 bits per heavy atom. The summed E-state index contributed by atoms with van der Waals surface area (Å²) in [5, 5.41) is 10.1. The minimum absolute atomic E-state index is 0.142. The van der Waals surface area contributed by atoms with Gasteiger partial charge in [-0.05, 0) is 40.5 Å². The van der Waals surface area contributed by atoms with Crippen molar-refractivity contribution in [3.05, 3.63) is 0 Å². The first-order chi connectivity index (χ1) is 9.28. The van der Waals surface area contributed by atoms with Gasteiger partial charge in [0.15, 0.2) is 0 Å². The van der Waals surface area contributed by atoms with Crippen molar-refractivity contribution in [1.29, 1.82) is 0 Å². The molecule has 116 valence electrons. The van der Waals surface area contributed by atoms with Gasteiger partial charge in [0.25, 0.3) is 0 Å². The lowest BCUT2D eigenvalue weighted by Gasteiger charge is -2.56. The first kappa shape index (κ1) is 15.6. The summed E-state index contributed by atoms with van der Waals surface area (Å²) in [6.45, 7) is 9.54. The minimum atomic E-state index is -0.462. The molecule has 2 fully saturated rings. The van der Waals surface area contributed by atoms with E-state index in [4.69, 9.17) is 9.47 Å². The number of nitrogens with zero attached hydrogens (tertiary/aromatic N) is 1. The number of carbonyl (C=O) groups excluding carboxylic acids is 1. The molecule has 0 aromatic rings. The summed E-state index contributed by atoms with van der Waals surface area (Å²) < 4.78 is 11.1. The number of ether oxygens (including phenoxy) is 2. The molecule has 1 amide bonds. The molecule has 1 saturated heterocycles. The maximum absolute atomic E-state index is 12.0. The lowest BCUT2D eigenvalue weighted by Crippen LogP contribution is -2.62. The summed E-state index contributed by atoms with van der Waals surface area (Å²) in [5.41, 5.74) is -0.607. The highest BCUT2D eigenvalue weighted by atomic mass is 16.6. The van der Waals surface area contributed by atoms with E-state index in [-0.39, 0.29) is 23.7 Å². The van der Waals surface area contributed by atoms with E-state index in [1.165, 1.54) is 0 Å². The number of hydrogen-bond donors (Lipinski definition) is 1. The van der Waals surface area contributed by atoms with E-state index in [0.29, 0.717) is 19.7 Å². The third kappa shape index (κ3) is 2.93. The minimum Gasteiger partial charge on any atom is -0.444 e. The zero-order chi connectivity index (χ0) is 15.0. The third-order valence-electron chi connectivity index (χ3n) is 4.46. The van der Waals surface area contributed by atoms with Crippen molar-refractivity contribution in [2.24, 2.45) is 5.41 Å². The molecule has 1 saturated carbocycles. The fraction of sp³-hybridized carbons (Fsp3) is 0.933. The van der Waals surface area contributed by atoms with Crippen molar-refractivity contribution in [3.8, 4) is 0 Å². The van der Waals surface area contributed by atoms with Gasteiger partial charge in [-0.3, -0.25) is 0 Å². The van der Waals surface area contributed by atoms with Gasteiger partial charge >= 0.3 is 6.09 Å². The second-order valence-electron chi connectivity index (χ2n) is 6.90. The van der Waals surface area contributed by atoms with Crippen LogP contribution in [0.1, 0.15) is 47.0 Å². The summed E-state index contributed by atoms with van der Waals surface area (Å²) in [7, 11) is 0. The highest BCUT2D eigenvalue weighted by Crippen LogP contribution is 2.51. The van der Waals surface area contributed by atoms with Crippen LogP contribution >= 0.6 is 0 Å². The van der Waals surface area contributed by atoms with Crippen LogP contribution in [0.4, 0.5) is 4.79 Å². The molecule has 5 nitrogen and oxygen atoms in total. The molecule has 0 bridgehead atoms. The van der Waals surface area contributed by atoms with Crippen molar-refractivity contribution < 1.29 is 19.4 Å². The normalized spacial score (nSPS) is 29.1. The van der Waals surface area contributed by atoms with Crippen LogP contribution in [-0.2, 0) is 9.47 Å². The number of carbonyl (C=O) groups is 1. The van der Waals surface area contributed by atoms with E-state index < -0.39 is 5.60 Å². The molecular formula is C15H27NO4. The lowest BCUT2D eigenvalue weighted by molar-refractivity contribution is -0.208. The number of amides is 1. The molecule has 1 aliphatic heterocycles. The van der Waals surface area contributed by atoms with E-state index in [1.54, 1.807) is 4.90 Å². The van der Waals surface area contributed by atoms with Crippen molar-refractivity contribution >= 4 is 6.09 Å². The van der Waals surface area contributed by atoms with Gasteiger partial charge in [-0.2, -0.15) is 0 Å². The Labute approximate surface area is 121 Å². The van der Waals surface area contributed by atoms with Crippen molar-refractivity contribution in [2.45, 2.75) is 64.8 Å². The summed E-state index contributed by atoms with van der Waals surface area (Å²) in [6.07, 6.45) is 1.90. The van der Waals surface area contributed by atoms with Crippen LogP contribution in [0.15, 0.2) is 0 Å². The van der Waals surface area contributed by atoms with Crippen LogP contribution in [0.3, 0.4) is 0 Å². The molecule has 1 aliphatic carbocycles. The summed E-state index contributed by atoms with van der Waals surface area (Å²) in [4.78, 5) is 13.8. The molecule has 0 radical (unpaired) electrons. The van der Waals surface area contributed by atoms with Gasteiger partial charge in [0.05, 0.1) is 12.2 Å². The second-order valence-corrected chi connectivity index (χ2v) is 6.90. The van der Waals surface area contributed by atoms with E-state index in [0.717, 1.165) is 19.3 Å². The number of hydrogen-bond acceptors (Lipinski definition) is 4. The topological polar surface area (TPSA) is 59.0 Å². The highest BCUT2D eigenvalue weighted by Gasteiger charge is 2.56. The predicted octanol–water partition coefficient (Wildman–Crippen LogP) is 2.17. The van der Waals surface area contributed by atoms with Gasteiger partial charge in [0, 0.05) is 31.5 Å². The monoisotopic (exact) mass is 285 g/mol. The van der Waals surface area contributed by atoms with E-state index in [9.17, 15) is 9.90 Å². The Morgan fingerprint density at radius 2 is 1.95 bits per heavy atom. The highest BCUT2D eigenvalue weighted by molar-refractivity contribution is 5.68. The van der Waals surface area contributed by atoms with Gasteiger partial charge < -0.3 is 19.5 Å². The first-order valence-corrected chi connectivity index (χ1v) is 7.56. The standard InChI is InChI=1S/C15H27NO4/c1-5-19-12-10-11(17)15(12)6-8-16(9-7-15)13(18)20-14(2,3)4/h11-12,17H,5-10H2,1-4H3. The molecule has 1 N–H and O–H groups in total. The maximum Gasteiger partial charge on any atom is 0.410 e. The van der Waals surface area contributed by atoms with E-state index in [1.807, 2.05) is 27.7 Å². The van der Waals surface area contributed by atoms with Crippen LogP contribution in [0.2, 0.25) is 0 Å². The maximum atomic E-state index is 12.0. The molecule has 2 atom stereocenters. The Balaban J connectivity index is 1.90. The van der Waals surface area contributed by atoms with Gasteiger partial charge in [-0.15, -0.1) is 0 Å². The average molecular weight is 285 g/mol. The Bertz CT molecular complexity index is 353. The number of rotatable bonds is 2. The number of piperidine rings is 1. The number of aliphatic hydroxyl groups excluding tert-OH is 1. The predicted molar refractivity (Wildman–Crippen MR) is 75.5 cm³/mol. The molecule has 1 heterocycles. The molecule has 2 aliphatic rings. The molecule has 0 aromatic carbocycles. The Morgan fingerprint density at radius 1 is 1.35 bits per heavy atom. The molecule has 1 spiro atoms. The SMILES string of the molecule is CCOC1CC(O)C12CCN(C(=O)OC(C)(C)C)CC2. The zero-order valence-electron chi connectivity index (χ0n) is 13.0. The molecule has 2 unspecified atom stereocenters. The van der Waals surface area contributed by atoms with Crippen molar-refractivity contribution in [3.63, 3.8) is 0 Å². The van der Waals surface area contributed by atoms with E-state index in [2.05, 4.69) is 0 Å². The molecule has 20 heavy (non-hydrogen) atoms. The van der Waals surface area contributed by atoms with Crippen LogP contribution in [0.5, 0.6) is 0 Å². The van der Waals surface area contributed by atoms with Crippen LogP contribution in [0.25, 0.3) is 0 Å².